The van der Waals surface area contributed by atoms with Crippen LogP contribution >= 0.6 is 0 Å². The van der Waals surface area contributed by atoms with Crippen LogP contribution in [-0.4, -0.2) is 40.8 Å². The number of pyridine rings is 1. The quantitative estimate of drug-likeness (QED) is 0.725. The number of benzene rings is 1. The molecule has 2 aliphatic rings. The second-order valence-electron chi connectivity index (χ2n) is 8.38. The summed E-state index contributed by atoms with van der Waals surface area (Å²) in [6.07, 6.45) is 5.64. The average Bonchev–Trinajstić information content (AvgIpc) is 3.23. The third-order valence-electron chi connectivity index (χ3n) is 5.95. The van der Waals surface area contributed by atoms with E-state index in [0.717, 1.165) is 22.4 Å². The highest BCUT2D eigenvalue weighted by atomic mass is 16.2. The van der Waals surface area contributed by atoms with Crippen LogP contribution in [0, 0.1) is 19.8 Å². The number of carbonyl (C=O) groups excluding carboxylic acids is 2. The SMILES string of the molecule is Cc1cc(C)cc(NC(=O)C2CCN(C(=O)C3CC(c4cccnc4)NN3)CC2)c1. The lowest BCUT2D eigenvalue weighted by molar-refractivity contribution is -0.136. The zero-order valence-corrected chi connectivity index (χ0v) is 17.5. The van der Waals surface area contributed by atoms with Crippen molar-refractivity contribution in [2.75, 3.05) is 18.4 Å². The maximum absolute atomic E-state index is 12.9. The molecule has 158 valence electrons. The number of aromatic nitrogens is 1. The number of nitrogens with zero attached hydrogens (tertiary/aromatic N) is 2. The molecule has 30 heavy (non-hydrogen) atoms. The van der Waals surface area contributed by atoms with Crippen molar-refractivity contribution < 1.29 is 9.59 Å². The highest BCUT2D eigenvalue weighted by molar-refractivity contribution is 5.93. The highest BCUT2D eigenvalue weighted by Crippen LogP contribution is 2.25. The summed E-state index contributed by atoms with van der Waals surface area (Å²) in [6, 6.07) is 9.80. The van der Waals surface area contributed by atoms with Gasteiger partial charge in [0.15, 0.2) is 0 Å². The lowest BCUT2D eigenvalue weighted by atomic mass is 9.94. The van der Waals surface area contributed by atoms with E-state index in [2.05, 4.69) is 27.2 Å². The zero-order valence-electron chi connectivity index (χ0n) is 17.5. The van der Waals surface area contributed by atoms with Gasteiger partial charge < -0.3 is 10.2 Å². The summed E-state index contributed by atoms with van der Waals surface area (Å²) in [6.45, 7) is 5.27. The number of likely N-dealkylation sites (tertiary alicyclic amines) is 1. The van der Waals surface area contributed by atoms with E-state index >= 15 is 0 Å². The van der Waals surface area contributed by atoms with Crippen LogP contribution in [0.5, 0.6) is 0 Å². The number of hydrogen-bond acceptors (Lipinski definition) is 5. The first-order valence-corrected chi connectivity index (χ1v) is 10.6. The number of aryl methyl sites for hydroxylation is 2. The zero-order chi connectivity index (χ0) is 21.1. The summed E-state index contributed by atoms with van der Waals surface area (Å²) in [5.74, 6) is 0.0825. The molecule has 2 saturated heterocycles. The van der Waals surface area contributed by atoms with Crippen molar-refractivity contribution in [1.82, 2.24) is 20.7 Å². The Labute approximate surface area is 177 Å². The van der Waals surface area contributed by atoms with Gasteiger partial charge in [0.1, 0.15) is 6.04 Å². The fourth-order valence-corrected chi connectivity index (χ4v) is 4.39. The van der Waals surface area contributed by atoms with Crippen molar-refractivity contribution in [3.8, 4) is 0 Å². The van der Waals surface area contributed by atoms with E-state index in [0.29, 0.717) is 32.4 Å². The molecule has 1 aromatic heterocycles. The second-order valence-corrected chi connectivity index (χ2v) is 8.38. The van der Waals surface area contributed by atoms with E-state index in [1.165, 1.54) is 0 Å². The molecular weight excluding hydrogens is 378 g/mol. The maximum Gasteiger partial charge on any atom is 0.241 e. The van der Waals surface area contributed by atoms with Crippen LogP contribution in [0.15, 0.2) is 42.7 Å². The Morgan fingerprint density at radius 1 is 1.10 bits per heavy atom. The lowest BCUT2D eigenvalue weighted by Crippen LogP contribution is -2.49. The summed E-state index contributed by atoms with van der Waals surface area (Å²) in [5.41, 5.74) is 10.5. The number of carbonyl (C=O) groups is 2. The minimum Gasteiger partial charge on any atom is -0.341 e. The van der Waals surface area contributed by atoms with Crippen molar-refractivity contribution in [1.29, 1.82) is 0 Å². The van der Waals surface area contributed by atoms with E-state index in [-0.39, 0.29) is 29.8 Å². The molecule has 3 N–H and O–H groups in total. The summed E-state index contributed by atoms with van der Waals surface area (Å²) in [4.78, 5) is 31.6. The normalized spacial score (nSPS) is 22.1. The van der Waals surface area contributed by atoms with Gasteiger partial charge in [-0.15, -0.1) is 0 Å². The molecule has 2 aromatic rings. The molecule has 0 aliphatic carbocycles. The van der Waals surface area contributed by atoms with E-state index in [4.69, 9.17) is 0 Å². The molecule has 3 heterocycles. The van der Waals surface area contributed by atoms with E-state index in [1.54, 1.807) is 6.20 Å². The molecule has 0 radical (unpaired) electrons. The van der Waals surface area contributed by atoms with Gasteiger partial charge in [-0.1, -0.05) is 12.1 Å². The number of hydrazine groups is 1. The van der Waals surface area contributed by atoms with Gasteiger partial charge in [0.2, 0.25) is 11.8 Å². The molecule has 7 heteroatoms. The number of amides is 2. The van der Waals surface area contributed by atoms with Gasteiger partial charge in [-0.3, -0.25) is 14.6 Å². The van der Waals surface area contributed by atoms with Crippen molar-refractivity contribution in [2.24, 2.45) is 5.92 Å². The van der Waals surface area contributed by atoms with Crippen LogP contribution < -0.4 is 16.2 Å². The third-order valence-corrected chi connectivity index (χ3v) is 5.95. The van der Waals surface area contributed by atoms with Gasteiger partial charge in [0.25, 0.3) is 0 Å². The Hall–Kier alpha value is -2.77. The largest absolute Gasteiger partial charge is 0.341 e. The Kier molecular flexibility index (Phi) is 6.11. The van der Waals surface area contributed by atoms with Gasteiger partial charge >= 0.3 is 0 Å². The number of piperidine rings is 1. The van der Waals surface area contributed by atoms with Crippen molar-refractivity contribution in [3.05, 3.63) is 59.4 Å². The van der Waals surface area contributed by atoms with Crippen LogP contribution in [0.3, 0.4) is 0 Å². The fourth-order valence-electron chi connectivity index (χ4n) is 4.39. The molecule has 1 aromatic carbocycles. The number of hydrogen-bond donors (Lipinski definition) is 3. The number of anilines is 1. The van der Waals surface area contributed by atoms with Crippen LogP contribution in [0.1, 0.15) is 42.0 Å². The molecule has 0 spiro atoms. The highest BCUT2D eigenvalue weighted by Gasteiger charge is 2.35. The van der Waals surface area contributed by atoms with Crippen LogP contribution in [0.25, 0.3) is 0 Å². The Balaban J connectivity index is 1.28. The molecule has 2 aliphatic heterocycles. The van der Waals surface area contributed by atoms with Crippen molar-refractivity contribution >= 4 is 17.5 Å². The molecule has 2 amide bonds. The van der Waals surface area contributed by atoms with Gasteiger partial charge in [0.05, 0.1) is 0 Å². The molecule has 4 rings (SSSR count). The second kappa shape index (κ2) is 8.93. The topological polar surface area (TPSA) is 86.4 Å². The molecule has 7 nitrogen and oxygen atoms in total. The first-order chi connectivity index (χ1) is 14.5. The molecule has 2 atom stereocenters. The standard InChI is InChI=1S/C23H29N5O2/c1-15-10-16(2)12-19(11-15)25-22(29)17-5-8-28(9-6-17)23(30)21-13-20(26-27-21)18-4-3-7-24-14-18/h3-4,7,10-12,14,17,20-21,26-27H,5-6,8-9,13H2,1-2H3,(H,25,29). The Bertz CT molecular complexity index is 889. The summed E-state index contributed by atoms with van der Waals surface area (Å²) in [7, 11) is 0. The van der Waals surface area contributed by atoms with Gasteiger partial charge in [-0.05, 0) is 68.0 Å². The van der Waals surface area contributed by atoms with Crippen molar-refractivity contribution in [2.45, 2.75) is 45.2 Å². The minimum atomic E-state index is -0.254. The summed E-state index contributed by atoms with van der Waals surface area (Å²) < 4.78 is 0. The maximum atomic E-state index is 12.9. The average molecular weight is 408 g/mol. The molecule has 2 unspecified atom stereocenters. The van der Waals surface area contributed by atoms with Gasteiger partial charge in [0, 0.05) is 43.1 Å². The van der Waals surface area contributed by atoms with E-state index < -0.39 is 0 Å². The summed E-state index contributed by atoms with van der Waals surface area (Å²) in [5, 5.41) is 3.05. The third kappa shape index (κ3) is 4.68. The number of rotatable bonds is 4. The first-order valence-electron chi connectivity index (χ1n) is 10.6. The summed E-state index contributed by atoms with van der Waals surface area (Å²) >= 11 is 0. The lowest BCUT2D eigenvalue weighted by Gasteiger charge is -2.32. The van der Waals surface area contributed by atoms with Crippen molar-refractivity contribution in [3.63, 3.8) is 0 Å². The molecule has 0 bridgehead atoms. The van der Waals surface area contributed by atoms with Crippen LogP contribution in [0.4, 0.5) is 5.69 Å². The van der Waals surface area contributed by atoms with E-state index in [1.807, 2.05) is 49.2 Å². The predicted octanol–water partition coefficient (Wildman–Crippen LogP) is 2.48. The predicted molar refractivity (Wildman–Crippen MR) is 116 cm³/mol. The Morgan fingerprint density at radius 3 is 2.50 bits per heavy atom. The van der Waals surface area contributed by atoms with E-state index in [9.17, 15) is 9.59 Å². The Morgan fingerprint density at radius 2 is 1.83 bits per heavy atom. The van der Waals surface area contributed by atoms with Gasteiger partial charge in [-0.25, -0.2) is 10.9 Å². The van der Waals surface area contributed by atoms with Crippen LogP contribution in [0.2, 0.25) is 0 Å². The fraction of sp³-hybridized carbons (Fsp3) is 0.435. The molecule has 2 fully saturated rings. The van der Waals surface area contributed by atoms with Crippen LogP contribution in [-0.2, 0) is 9.59 Å². The monoisotopic (exact) mass is 407 g/mol. The van der Waals surface area contributed by atoms with Gasteiger partial charge in [-0.2, -0.15) is 0 Å². The molecule has 0 saturated carbocycles. The first kappa shape index (κ1) is 20.5. The smallest absolute Gasteiger partial charge is 0.241 e. The molecular formula is C23H29N5O2. The number of nitrogens with one attached hydrogen (secondary N) is 3. The minimum absolute atomic E-state index is 0.0457.